The van der Waals surface area contributed by atoms with Gasteiger partial charge in [-0.05, 0) is 117 Å². The van der Waals surface area contributed by atoms with Crippen LogP contribution in [0.15, 0.2) is 155 Å². The summed E-state index contributed by atoms with van der Waals surface area (Å²) in [6.45, 7) is 2.16. The van der Waals surface area contributed by atoms with Gasteiger partial charge in [-0.2, -0.15) is 0 Å². The number of hydrogen-bond donors (Lipinski definition) is 5. The first-order chi connectivity index (χ1) is 39.5. The maximum Gasteiger partial charge on any atom is 0.314 e. The number of aromatic nitrogens is 3. The largest absolute Gasteiger partial charge is 0.457 e. The number of nitrogens with one attached hydrogen (secondary N) is 3. The molecule has 19 nitrogen and oxygen atoms in total. The highest BCUT2D eigenvalue weighted by Crippen LogP contribution is 2.40. The number of fused-ring (bicyclic) bond motifs is 6. The van der Waals surface area contributed by atoms with Crippen LogP contribution in [-0.4, -0.2) is 93.9 Å². The summed E-state index contributed by atoms with van der Waals surface area (Å²) in [5, 5.41) is 17.7. The molecule has 0 saturated heterocycles. The van der Waals surface area contributed by atoms with E-state index in [2.05, 4.69) is 53.0 Å². The van der Waals surface area contributed by atoms with E-state index in [-0.39, 0.29) is 74.9 Å². The minimum absolute atomic E-state index is 0.00205. The molecule has 81 heavy (non-hydrogen) atoms. The van der Waals surface area contributed by atoms with E-state index >= 15 is 0 Å². The maximum atomic E-state index is 12.3. The number of cyclic esters (lactones) is 3. The van der Waals surface area contributed by atoms with Crippen molar-refractivity contribution in [1.82, 2.24) is 30.9 Å². The second kappa shape index (κ2) is 23.7. The lowest BCUT2D eigenvalue weighted by molar-refractivity contribution is -0.151. The SMILES string of the molecule is CNC(=O)NCC1OC(=O)Cc2cc3c(cc21)C(c1ccncc1)=NC3.NC(=O)NCC1OC(=O)Cc2cc3c(cc21)C(c1ccncc1)=NC3.O=C1Cc2cc3c(cc2C(CC(CO)c2ccccc2)O1)C(c1ccncc1)=NC3. The predicted octanol–water partition coefficient (Wildman–Crippen LogP) is 6.48. The van der Waals surface area contributed by atoms with Crippen LogP contribution < -0.4 is 21.7 Å². The minimum atomic E-state index is -0.650. The van der Waals surface area contributed by atoms with Crippen molar-refractivity contribution < 1.29 is 43.3 Å². The van der Waals surface area contributed by atoms with E-state index in [9.17, 15) is 29.1 Å². The molecule has 0 saturated carbocycles. The lowest BCUT2D eigenvalue weighted by Crippen LogP contribution is -2.38. The van der Waals surface area contributed by atoms with Crippen LogP contribution in [0, 0.1) is 0 Å². The average molecular weight is 1090 g/mol. The standard InChI is InChI=1S/C25H22N2O3.C19H18N4O3.C18H16N4O3/c28-15-20(16-4-2-1-3-5-16)11-23-21-13-22-19(10-18(21)12-24(29)30-23)14-27-25(22)17-6-8-26-9-7-17;1-20-19(25)23-10-16-14-8-15-13(6-12(14)7-17(24)26-16)9-22-18(15)11-2-4-21-5-3-11;19-18(24)22-9-15-13-7-14-12(5-11(13)6-16(23)25-15)8-21-17(14)10-1-3-20-4-2-10/h1-10,13,20,23,28H,11-12,14-15H2;2-6,8,16H,7,9-10H2,1H3,(H2,20,23,25);1-5,7,15H,6,8-9H2,(H3,19,22,24). The topological polar surface area (TPSA) is 271 Å². The van der Waals surface area contributed by atoms with E-state index in [1.54, 1.807) is 44.2 Å². The van der Waals surface area contributed by atoms with Gasteiger partial charge in [0.1, 0.15) is 18.3 Å². The van der Waals surface area contributed by atoms with Crippen LogP contribution in [0.1, 0.15) is 120 Å². The number of aliphatic hydroxyl groups excluding tert-OH is 1. The van der Waals surface area contributed by atoms with Crippen LogP contribution in [0.25, 0.3) is 0 Å². The fraction of sp³-hybridized carbons (Fsp3) is 0.242. The smallest absolute Gasteiger partial charge is 0.314 e. The molecule has 4 aromatic carbocycles. The Balaban J connectivity index is 0.000000128. The van der Waals surface area contributed by atoms with Crippen molar-refractivity contribution in [2.75, 3.05) is 26.7 Å². The highest BCUT2D eigenvalue weighted by Gasteiger charge is 2.34. The summed E-state index contributed by atoms with van der Waals surface area (Å²) in [5.74, 6) is -0.909. The van der Waals surface area contributed by atoms with Crippen molar-refractivity contribution in [3.05, 3.63) is 229 Å². The van der Waals surface area contributed by atoms with Gasteiger partial charge >= 0.3 is 30.0 Å². The molecule has 13 rings (SSSR count). The van der Waals surface area contributed by atoms with Crippen LogP contribution in [0.4, 0.5) is 9.59 Å². The lowest BCUT2D eigenvalue weighted by atomic mass is 9.85. The molecule has 6 N–H and O–H groups in total. The van der Waals surface area contributed by atoms with Gasteiger partial charge in [-0.15, -0.1) is 0 Å². The third kappa shape index (κ3) is 11.7. The Kier molecular flexibility index (Phi) is 15.6. The molecule has 0 spiro atoms. The van der Waals surface area contributed by atoms with Crippen molar-refractivity contribution in [3.8, 4) is 0 Å². The first-order valence-corrected chi connectivity index (χ1v) is 26.6. The Bertz CT molecular complexity index is 3670. The number of ether oxygens (including phenoxy) is 3. The number of carbonyl (C=O) groups excluding carboxylic acids is 5. The molecule has 0 bridgehead atoms. The Morgan fingerprint density at radius 2 is 0.926 bits per heavy atom. The summed E-state index contributed by atoms with van der Waals surface area (Å²) in [6.07, 6.45) is 10.3. The van der Waals surface area contributed by atoms with Gasteiger partial charge in [0, 0.05) is 83.5 Å². The molecule has 19 heteroatoms. The van der Waals surface area contributed by atoms with Gasteiger partial charge in [-0.1, -0.05) is 48.5 Å². The van der Waals surface area contributed by atoms with E-state index in [4.69, 9.17) is 24.9 Å². The molecule has 0 aliphatic carbocycles. The van der Waals surface area contributed by atoms with Crippen LogP contribution in [0.2, 0.25) is 0 Å². The number of amides is 4. The van der Waals surface area contributed by atoms with Gasteiger partial charge in [0.15, 0.2) is 0 Å². The number of rotatable bonds is 11. The first kappa shape index (κ1) is 53.3. The van der Waals surface area contributed by atoms with Crippen molar-refractivity contribution in [1.29, 1.82) is 0 Å². The summed E-state index contributed by atoms with van der Waals surface area (Å²) < 4.78 is 16.6. The molecule has 0 radical (unpaired) electrons. The summed E-state index contributed by atoms with van der Waals surface area (Å²) in [7, 11) is 1.54. The Hall–Kier alpha value is -9.75. The normalized spacial score (nSPS) is 18.0. The summed E-state index contributed by atoms with van der Waals surface area (Å²) in [6, 6.07) is 32.9. The first-order valence-electron chi connectivity index (χ1n) is 26.6. The number of nitrogens with zero attached hydrogens (tertiary/aromatic N) is 6. The van der Waals surface area contributed by atoms with Gasteiger partial charge in [-0.3, -0.25) is 44.3 Å². The zero-order chi connectivity index (χ0) is 56.0. The lowest BCUT2D eigenvalue weighted by Gasteiger charge is -2.29. The maximum absolute atomic E-state index is 12.3. The molecule has 6 aliphatic rings. The molecule has 9 heterocycles. The van der Waals surface area contributed by atoms with Crippen molar-refractivity contribution in [2.24, 2.45) is 20.7 Å². The molecular weight excluding hydrogens is 1030 g/mol. The Morgan fingerprint density at radius 1 is 0.543 bits per heavy atom. The quantitative estimate of drug-likeness (QED) is 0.0688. The molecule has 408 valence electrons. The number of aliphatic hydroxyl groups is 1. The van der Waals surface area contributed by atoms with E-state index in [0.717, 1.165) is 106 Å². The third-order valence-corrected chi connectivity index (χ3v) is 14.9. The molecule has 3 aromatic heterocycles. The summed E-state index contributed by atoms with van der Waals surface area (Å²) in [4.78, 5) is 84.8. The highest BCUT2D eigenvalue weighted by molar-refractivity contribution is 6.16. The fourth-order valence-electron chi connectivity index (χ4n) is 11.1. The number of primary amides is 1. The van der Waals surface area contributed by atoms with E-state index in [0.29, 0.717) is 26.1 Å². The molecule has 4 atom stereocenters. The molecular formula is C62H56N10O9. The monoisotopic (exact) mass is 1080 g/mol. The highest BCUT2D eigenvalue weighted by atomic mass is 16.6. The predicted molar refractivity (Wildman–Crippen MR) is 299 cm³/mol. The zero-order valence-corrected chi connectivity index (χ0v) is 44.1. The van der Waals surface area contributed by atoms with E-state index in [1.807, 2.05) is 91.0 Å². The number of nitrogens with two attached hydrogens (primary N) is 1. The molecule has 4 unspecified atom stereocenters. The molecule has 7 aromatic rings. The summed E-state index contributed by atoms with van der Waals surface area (Å²) in [5.41, 5.74) is 24.1. The summed E-state index contributed by atoms with van der Waals surface area (Å²) >= 11 is 0. The molecule has 6 aliphatic heterocycles. The van der Waals surface area contributed by atoms with Gasteiger partial charge < -0.3 is 41.0 Å². The number of esters is 3. The van der Waals surface area contributed by atoms with Crippen LogP contribution >= 0.6 is 0 Å². The van der Waals surface area contributed by atoms with Crippen molar-refractivity contribution in [2.45, 2.75) is 69.5 Å². The Labute approximate surface area is 465 Å². The minimum Gasteiger partial charge on any atom is -0.457 e. The number of aliphatic imine (C=N–C) groups is 3. The van der Waals surface area contributed by atoms with Crippen LogP contribution in [0.3, 0.4) is 0 Å². The van der Waals surface area contributed by atoms with Crippen molar-refractivity contribution >= 4 is 47.1 Å². The second-order valence-corrected chi connectivity index (χ2v) is 20.0. The van der Waals surface area contributed by atoms with Crippen LogP contribution in [-0.2, 0) is 67.5 Å². The van der Waals surface area contributed by atoms with Gasteiger partial charge in [0.2, 0.25) is 0 Å². The van der Waals surface area contributed by atoms with Crippen LogP contribution in [0.5, 0.6) is 0 Å². The van der Waals surface area contributed by atoms with E-state index < -0.39 is 18.2 Å². The third-order valence-electron chi connectivity index (χ3n) is 14.9. The number of pyridine rings is 3. The number of urea groups is 2. The van der Waals surface area contributed by atoms with Gasteiger partial charge in [0.25, 0.3) is 0 Å². The molecule has 4 amide bonds. The van der Waals surface area contributed by atoms with Crippen molar-refractivity contribution in [3.63, 3.8) is 0 Å². The number of benzene rings is 4. The second-order valence-electron chi connectivity index (χ2n) is 20.0. The molecule has 0 fully saturated rings. The number of hydrogen-bond acceptors (Lipinski definition) is 15. The zero-order valence-electron chi connectivity index (χ0n) is 44.1. The Morgan fingerprint density at radius 3 is 1.31 bits per heavy atom. The van der Waals surface area contributed by atoms with Gasteiger partial charge in [-0.25, -0.2) is 9.59 Å². The van der Waals surface area contributed by atoms with Gasteiger partial charge in [0.05, 0.1) is 75.7 Å². The average Bonchev–Trinajstić information content (AvgIpc) is 4.44. The van der Waals surface area contributed by atoms with E-state index in [1.165, 1.54) is 0 Å². The number of carbonyl (C=O) groups is 5. The fourth-order valence-corrected chi connectivity index (χ4v) is 11.1.